The van der Waals surface area contributed by atoms with Gasteiger partial charge < -0.3 is 4.90 Å². The molecular weight excluding hydrogens is 309 g/mol. The molecule has 3 rings (SSSR count). The van der Waals surface area contributed by atoms with Crippen LogP contribution in [-0.4, -0.2) is 26.6 Å². The van der Waals surface area contributed by atoms with Gasteiger partial charge in [0, 0.05) is 24.2 Å². The molecule has 0 saturated carbocycles. The molecule has 0 fully saturated rings. The van der Waals surface area contributed by atoms with Crippen LogP contribution in [0.1, 0.15) is 11.1 Å². The van der Waals surface area contributed by atoms with Crippen LogP contribution >= 0.6 is 23.2 Å². The summed E-state index contributed by atoms with van der Waals surface area (Å²) in [5.41, 5.74) is 1.96. The van der Waals surface area contributed by atoms with Crippen LogP contribution in [0, 0.1) is 6.92 Å². The van der Waals surface area contributed by atoms with Crippen LogP contribution in [0.15, 0.2) is 30.6 Å². The van der Waals surface area contributed by atoms with Gasteiger partial charge in [0.1, 0.15) is 17.3 Å². The molecule has 5 nitrogen and oxygen atoms in total. The van der Waals surface area contributed by atoms with Crippen LogP contribution < -0.4 is 4.90 Å². The number of benzene rings is 1. The van der Waals surface area contributed by atoms with Gasteiger partial charge >= 0.3 is 0 Å². The van der Waals surface area contributed by atoms with E-state index < -0.39 is 0 Å². The SMILES string of the molecule is Cc1c(Cl)nc2ncnn2c1N(C)Cc1cccc(Cl)c1. The van der Waals surface area contributed by atoms with E-state index in [9.17, 15) is 0 Å². The van der Waals surface area contributed by atoms with Gasteiger partial charge in [0.25, 0.3) is 5.78 Å². The summed E-state index contributed by atoms with van der Waals surface area (Å²) < 4.78 is 1.69. The molecule has 0 aliphatic carbocycles. The maximum Gasteiger partial charge on any atom is 0.255 e. The first-order chi connectivity index (χ1) is 10.1. The fourth-order valence-corrected chi connectivity index (χ4v) is 2.69. The Balaban J connectivity index is 2.03. The van der Waals surface area contributed by atoms with Crippen LogP contribution in [0.2, 0.25) is 10.2 Å². The van der Waals surface area contributed by atoms with Gasteiger partial charge in [-0.1, -0.05) is 35.3 Å². The van der Waals surface area contributed by atoms with Crippen LogP contribution in [0.3, 0.4) is 0 Å². The van der Waals surface area contributed by atoms with E-state index in [0.717, 1.165) is 22.0 Å². The third-order valence-electron chi connectivity index (χ3n) is 3.24. The highest BCUT2D eigenvalue weighted by atomic mass is 35.5. The zero-order valence-corrected chi connectivity index (χ0v) is 13.1. The Kier molecular flexibility index (Phi) is 3.69. The van der Waals surface area contributed by atoms with Gasteiger partial charge in [-0.25, -0.2) is 0 Å². The molecule has 2 heterocycles. The second-order valence-electron chi connectivity index (χ2n) is 4.81. The van der Waals surface area contributed by atoms with Crippen LogP contribution in [0.5, 0.6) is 0 Å². The van der Waals surface area contributed by atoms with Crippen LogP contribution in [0.25, 0.3) is 5.78 Å². The Hall–Kier alpha value is -1.85. The molecule has 0 N–H and O–H groups in total. The molecule has 0 atom stereocenters. The number of halogens is 2. The van der Waals surface area contributed by atoms with Crippen molar-refractivity contribution in [3.8, 4) is 0 Å². The zero-order chi connectivity index (χ0) is 15.0. The number of rotatable bonds is 3. The van der Waals surface area contributed by atoms with Gasteiger partial charge in [-0.15, -0.1) is 0 Å². The third-order valence-corrected chi connectivity index (χ3v) is 3.85. The van der Waals surface area contributed by atoms with E-state index in [1.165, 1.54) is 6.33 Å². The monoisotopic (exact) mass is 321 g/mol. The first-order valence-electron chi connectivity index (χ1n) is 6.37. The molecule has 21 heavy (non-hydrogen) atoms. The third kappa shape index (κ3) is 2.66. The summed E-state index contributed by atoms with van der Waals surface area (Å²) in [6.07, 6.45) is 1.47. The number of hydrogen-bond donors (Lipinski definition) is 0. The lowest BCUT2D eigenvalue weighted by Gasteiger charge is -2.22. The van der Waals surface area contributed by atoms with Gasteiger partial charge in [-0.3, -0.25) is 0 Å². The zero-order valence-electron chi connectivity index (χ0n) is 11.6. The largest absolute Gasteiger partial charge is 0.355 e. The molecule has 2 aromatic heterocycles. The number of anilines is 1. The van der Waals surface area contributed by atoms with E-state index in [1.807, 2.05) is 38.2 Å². The topological polar surface area (TPSA) is 46.3 Å². The Morgan fingerprint density at radius 3 is 2.86 bits per heavy atom. The van der Waals surface area contributed by atoms with Crippen molar-refractivity contribution in [1.29, 1.82) is 0 Å². The van der Waals surface area contributed by atoms with E-state index in [-0.39, 0.29) is 0 Å². The van der Waals surface area contributed by atoms with E-state index in [1.54, 1.807) is 4.52 Å². The summed E-state index contributed by atoms with van der Waals surface area (Å²) in [7, 11) is 1.97. The van der Waals surface area contributed by atoms with Crippen molar-refractivity contribution in [3.05, 3.63) is 51.9 Å². The second kappa shape index (κ2) is 5.50. The minimum absolute atomic E-state index is 0.434. The lowest BCUT2D eigenvalue weighted by Crippen LogP contribution is -2.21. The van der Waals surface area contributed by atoms with Crippen molar-refractivity contribution in [3.63, 3.8) is 0 Å². The second-order valence-corrected chi connectivity index (χ2v) is 5.60. The van der Waals surface area contributed by atoms with Crippen molar-refractivity contribution < 1.29 is 0 Å². The first-order valence-corrected chi connectivity index (χ1v) is 7.13. The van der Waals surface area contributed by atoms with Crippen molar-refractivity contribution in [2.24, 2.45) is 0 Å². The first kappa shape index (κ1) is 14.1. The highest BCUT2D eigenvalue weighted by molar-refractivity contribution is 6.30. The molecule has 108 valence electrons. The van der Waals surface area contributed by atoms with Gasteiger partial charge in [-0.05, 0) is 24.6 Å². The normalized spacial score (nSPS) is 11.0. The molecule has 7 heteroatoms. The molecule has 0 bridgehead atoms. The average Bonchev–Trinajstić information content (AvgIpc) is 2.87. The lowest BCUT2D eigenvalue weighted by molar-refractivity contribution is 0.823. The predicted octanol–water partition coefficient (Wildman–Crippen LogP) is 3.38. The Bertz CT molecular complexity index is 799. The lowest BCUT2D eigenvalue weighted by atomic mass is 10.2. The molecule has 0 aliphatic rings. The highest BCUT2D eigenvalue weighted by Crippen LogP contribution is 2.26. The molecule has 0 radical (unpaired) electrons. The minimum Gasteiger partial charge on any atom is -0.355 e. The van der Waals surface area contributed by atoms with Crippen molar-refractivity contribution >= 4 is 34.8 Å². The number of nitrogens with zero attached hydrogens (tertiary/aromatic N) is 5. The molecule has 3 aromatic rings. The fourth-order valence-electron chi connectivity index (χ4n) is 2.32. The molecule has 0 saturated heterocycles. The quantitative estimate of drug-likeness (QED) is 0.694. The standard InChI is InChI=1S/C14H13Cl2N5/c1-9-12(16)19-14-17-8-18-21(14)13(9)20(2)7-10-4-3-5-11(15)6-10/h3-6,8H,7H2,1-2H3. The number of fused-ring (bicyclic) bond motifs is 1. The Morgan fingerprint density at radius 2 is 2.10 bits per heavy atom. The van der Waals surface area contributed by atoms with Crippen molar-refractivity contribution in [1.82, 2.24) is 19.6 Å². The summed E-state index contributed by atoms with van der Waals surface area (Å²) >= 11 is 12.2. The summed E-state index contributed by atoms with van der Waals surface area (Å²) in [6.45, 7) is 2.59. The average molecular weight is 322 g/mol. The maximum atomic E-state index is 6.18. The van der Waals surface area contributed by atoms with Gasteiger partial charge in [0.05, 0.1) is 0 Å². The summed E-state index contributed by atoms with van der Waals surface area (Å²) in [6, 6.07) is 7.76. The van der Waals surface area contributed by atoms with Gasteiger partial charge in [-0.2, -0.15) is 19.6 Å². The summed E-state index contributed by atoms with van der Waals surface area (Å²) in [5, 5.41) is 5.37. The smallest absolute Gasteiger partial charge is 0.255 e. The number of aromatic nitrogens is 4. The minimum atomic E-state index is 0.434. The maximum absolute atomic E-state index is 6.18. The van der Waals surface area contributed by atoms with E-state index in [4.69, 9.17) is 23.2 Å². The Labute approximate surface area is 132 Å². The van der Waals surface area contributed by atoms with E-state index in [0.29, 0.717) is 17.5 Å². The molecule has 0 amide bonds. The Morgan fingerprint density at radius 1 is 1.29 bits per heavy atom. The van der Waals surface area contributed by atoms with E-state index >= 15 is 0 Å². The summed E-state index contributed by atoms with van der Waals surface area (Å²) in [5.74, 6) is 1.35. The molecule has 0 unspecified atom stereocenters. The molecule has 1 aromatic carbocycles. The predicted molar refractivity (Wildman–Crippen MR) is 84.1 cm³/mol. The number of hydrogen-bond acceptors (Lipinski definition) is 4. The van der Waals surface area contributed by atoms with Crippen molar-refractivity contribution in [2.45, 2.75) is 13.5 Å². The van der Waals surface area contributed by atoms with Crippen LogP contribution in [0.4, 0.5) is 5.82 Å². The molecule has 0 aliphatic heterocycles. The molecule has 0 spiro atoms. The summed E-state index contributed by atoms with van der Waals surface area (Å²) in [4.78, 5) is 10.4. The fraction of sp³-hybridized carbons (Fsp3) is 0.214. The molecular formula is C14H13Cl2N5. The van der Waals surface area contributed by atoms with Crippen molar-refractivity contribution in [2.75, 3.05) is 11.9 Å². The van der Waals surface area contributed by atoms with Crippen LogP contribution in [-0.2, 0) is 6.54 Å². The van der Waals surface area contributed by atoms with Gasteiger partial charge in [0.2, 0.25) is 0 Å². The van der Waals surface area contributed by atoms with Gasteiger partial charge in [0.15, 0.2) is 0 Å². The van der Waals surface area contributed by atoms with E-state index in [2.05, 4.69) is 20.0 Å². The highest BCUT2D eigenvalue weighted by Gasteiger charge is 2.16.